The largest absolute Gasteiger partial charge is 0.325 e. The van der Waals surface area contributed by atoms with E-state index in [9.17, 15) is 18.4 Å². The van der Waals surface area contributed by atoms with Gasteiger partial charge in [-0.25, -0.2) is 8.78 Å². The van der Waals surface area contributed by atoms with E-state index in [0.717, 1.165) is 46.8 Å². The summed E-state index contributed by atoms with van der Waals surface area (Å²) in [6.07, 6.45) is 0.0232. The fourth-order valence-electron chi connectivity index (χ4n) is 3.08. The van der Waals surface area contributed by atoms with Gasteiger partial charge in [0.05, 0.1) is 17.9 Å². The molecule has 0 saturated heterocycles. The summed E-state index contributed by atoms with van der Waals surface area (Å²) in [5, 5.41) is 13.8. The van der Waals surface area contributed by atoms with Gasteiger partial charge in [0.2, 0.25) is 11.8 Å². The Morgan fingerprint density at radius 1 is 1.00 bits per heavy atom. The Balaban J connectivity index is 1.61. The molecule has 1 aromatic heterocycles. The summed E-state index contributed by atoms with van der Waals surface area (Å²) in [5.41, 5.74) is 2.58. The number of thioether (sulfide) groups is 1. The molecule has 0 fully saturated rings. The van der Waals surface area contributed by atoms with E-state index < -0.39 is 17.5 Å². The third-order valence-corrected chi connectivity index (χ3v) is 5.59. The molecule has 0 aliphatic carbocycles. The maximum Gasteiger partial charge on any atom is 0.234 e. The Morgan fingerprint density at radius 2 is 1.75 bits per heavy atom. The van der Waals surface area contributed by atoms with Crippen molar-refractivity contribution >= 4 is 35.0 Å². The highest BCUT2D eigenvalue weighted by atomic mass is 32.2. The molecule has 3 aromatic rings. The minimum Gasteiger partial charge on any atom is -0.325 e. The molecule has 1 heterocycles. The first kappa shape index (κ1) is 23.4. The summed E-state index contributed by atoms with van der Waals surface area (Å²) >= 11 is 1.09. The molecule has 168 valence electrons. The number of aromatic nitrogens is 3. The van der Waals surface area contributed by atoms with Crippen LogP contribution in [-0.2, 0) is 22.6 Å². The van der Waals surface area contributed by atoms with Crippen LogP contribution in [0.25, 0.3) is 0 Å². The van der Waals surface area contributed by atoms with Crippen LogP contribution in [0.3, 0.4) is 0 Å². The van der Waals surface area contributed by atoms with Gasteiger partial charge in [0.25, 0.3) is 0 Å². The van der Waals surface area contributed by atoms with Crippen molar-refractivity contribution in [2.24, 2.45) is 0 Å². The van der Waals surface area contributed by atoms with Crippen LogP contribution in [0.1, 0.15) is 23.9 Å². The number of aryl methyl sites for hydroxylation is 2. The molecule has 3 rings (SSSR count). The van der Waals surface area contributed by atoms with E-state index in [2.05, 4.69) is 20.8 Å². The quantitative estimate of drug-likeness (QED) is 0.495. The fourth-order valence-corrected chi connectivity index (χ4v) is 3.90. The zero-order chi connectivity index (χ0) is 23.3. The van der Waals surface area contributed by atoms with Gasteiger partial charge < -0.3 is 15.2 Å². The summed E-state index contributed by atoms with van der Waals surface area (Å²) in [5.74, 6) is -1.73. The lowest BCUT2D eigenvalue weighted by Gasteiger charge is -2.10. The molecule has 0 aliphatic rings. The molecule has 7 nitrogen and oxygen atoms in total. The van der Waals surface area contributed by atoms with Gasteiger partial charge >= 0.3 is 0 Å². The van der Waals surface area contributed by atoms with E-state index in [1.54, 1.807) is 4.57 Å². The smallest absolute Gasteiger partial charge is 0.234 e. The molecule has 2 amide bonds. The van der Waals surface area contributed by atoms with E-state index in [1.165, 1.54) is 0 Å². The zero-order valence-corrected chi connectivity index (χ0v) is 18.7. The van der Waals surface area contributed by atoms with E-state index in [1.807, 2.05) is 39.0 Å². The van der Waals surface area contributed by atoms with Gasteiger partial charge in [-0.3, -0.25) is 9.59 Å². The van der Waals surface area contributed by atoms with Crippen molar-refractivity contribution in [2.75, 3.05) is 16.4 Å². The average Bonchev–Trinajstić information content (AvgIpc) is 3.12. The number of nitrogens with zero attached hydrogens (tertiary/aromatic N) is 3. The van der Waals surface area contributed by atoms with Crippen molar-refractivity contribution in [1.29, 1.82) is 0 Å². The standard InChI is InChI=1S/C22H23F2N5O2S/c1-4-29-19(11-20(30)25-17-8-5-13(2)9-14(17)3)27-28-22(29)32-12-21(31)26-18-10-15(23)6-7-16(18)24/h5-10H,4,11-12H2,1-3H3,(H,25,30)(H,26,31). The van der Waals surface area contributed by atoms with Crippen molar-refractivity contribution in [3.05, 3.63) is 65.0 Å². The van der Waals surface area contributed by atoms with Crippen LogP contribution in [0.5, 0.6) is 0 Å². The number of benzene rings is 2. The second-order valence-corrected chi connectivity index (χ2v) is 8.09. The van der Waals surface area contributed by atoms with E-state index >= 15 is 0 Å². The molecule has 2 aromatic carbocycles. The second kappa shape index (κ2) is 10.4. The lowest BCUT2D eigenvalue weighted by molar-refractivity contribution is -0.116. The van der Waals surface area contributed by atoms with Crippen LogP contribution in [0.4, 0.5) is 20.2 Å². The van der Waals surface area contributed by atoms with Crippen LogP contribution in [-0.4, -0.2) is 32.3 Å². The Morgan fingerprint density at radius 3 is 2.47 bits per heavy atom. The Hall–Kier alpha value is -3.27. The van der Waals surface area contributed by atoms with Gasteiger partial charge in [-0.15, -0.1) is 10.2 Å². The number of halogens is 2. The van der Waals surface area contributed by atoms with Crippen LogP contribution in [0.2, 0.25) is 0 Å². The van der Waals surface area contributed by atoms with Crippen LogP contribution < -0.4 is 10.6 Å². The van der Waals surface area contributed by atoms with Gasteiger partial charge in [0.1, 0.15) is 17.5 Å². The molecule has 0 atom stereocenters. The van der Waals surface area contributed by atoms with Gasteiger partial charge in [-0.05, 0) is 44.5 Å². The molecular weight excluding hydrogens is 436 g/mol. The topological polar surface area (TPSA) is 88.9 Å². The maximum absolute atomic E-state index is 13.7. The predicted octanol–water partition coefficient (Wildman–Crippen LogP) is 4.11. The summed E-state index contributed by atoms with van der Waals surface area (Å²) in [6.45, 7) is 6.28. The molecule has 0 unspecified atom stereocenters. The predicted molar refractivity (Wildman–Crippen MR) is 120 cm³/mol. The molecule has 0 aliphatic heterocycles. The van der Waals surface area contributed by atoms with E-state index in [4.69, 9.17) is 0 Å². The van der Waals surface area contributed by atoms with Gasteiger partial charge in [-0.1, -0.05) is 29.5 Å². The number of hydrogen-bond acceptors (Lipinski definition) is 5. The van der Waals surface area contributed by atoms with E-state index in [-0.39, 0.29) is 23.8 Å². The number of hydrogen-bond donors (Lipinski definition) is 2. The molecular formula is C22H23F2N5O2S. The number of nitrogens with one attached hydrogen (secondary N) is 2. The SMILES string of the molecule is CCn1c(CC(=O)Nc2ccc(C)cc2C)nnc1SCC(=O)Nc1cc(F)ccc1F. The number of carbonyl (C=O) groups is 2. The molecule has 2 N–H and O–H groups in total. The minimum absolute atomic E-state index is 0.0232. The van der Waals surface area contributed by atoms with Crippen LogP contribution in [0.15, 0.2) is 41.6 Å². The number of carbonyl (C=O) groups excluding carboxylic acids is 2. The number of rotatable bonds is 8. The number of anilines is 2. The van der Waals surface area contributed by atoms with Crippen molar-refractivity contribution in [3.63, 3.8) is 0 Å². The third kappa shape index (κ3) is 5.91. The summed E-state index contributed by atoms with van der Waals surface area (Å²) < 4.78 is 28.7. The monoisotopic (exact) mass is 459 g/mol. The van der Waals surface area contributed by atoms with E-state index in [0.29, 0.717) is 17.5 Å². The Kier molecular flexibility index (Phi) is 7.57. The first-order chi connectivity index (χ1) is 15.3. The zero-order valence-electron chi connectivity index (χ0n) is 17.9. The molecule has 0 spiro atoms. The fraction of sp³-hybridized carbons (Fsp3) is 0.273. The highest BCUT2D eigenvalue weighted by Gasteiger charge is 2.17. The summed E-state index contributed by atoms with van der Waals surface area (Å²) in [4.78, 5) is 24.6. The summed E-state index contributed by atoms with van der Waals surface area (Å²) in [6, 6.07) is 8.60. The molecule has 0 bridgehead atoms. The van der Waals surface area contributed by atoms with Crippen molar-refractivity contribution < 1.29 is 18.4 Å². The minimum atomic E-state index is -0.724. The van der Waals surface area contributed by atoms with Crippen LogP contribution >= 0.6 is 11.8 Å². The first-order valence-electron chi connectivity index (χ1n) is 9.93. The van der Waals surface area contributed by atoms with Crippen molar-refractivity contribution in [1.82, 2.24) is 14.8 Å². The molecule has 10 heteroatoms. The van der Waals surface area contributed by atoms with Crippen LogP contribution in [0, 0.1) is 25.5 Å². The lowest BCUT2D eigenvalue weighted by Crippen LogP contribution is -2.18. The summed E-state index contributed by atoms with van der Waals surface area (Å²) in [7, 11) is 0. The molecule has 0 saturated carbocycles. The maximum atomic E-state index is 13.7. The molecule has 0 radical (unpaired) electrons. The van der Waals surface area contributed by atoms with Gasteiger partial charge in [0.15, 0.2) is 5.16 Å². The number of amides is 2. The highest BCUT2D eigenvalue weighted by molar-refractivity contribution is 7.99. The second-order valence-electron chi connectivity index (χ2n) is 7.15. The average molecular weight is 460 g/mol. The molecule has 32 heavy (non-hydrogen) atoms. The van der Waals surface area contributed by atoms with Gasteiger partial charge in [0, 0.05) is 18.3 Å². The van der Waals surface area contributed by atoms with Gasteiger partial charge in [-0.2, -0.15) is 0 Å². The normalized spacial score (nSPS) is 10.8. The highest BCUT2D eigenvalue weighted by Crippen LogP contribution is 2.20. The lowest BCUT2D eigenvalue weighted by atomic mass is 10.1. The Labute approximate surface area is 188 Å². The van der Waals surface area contributed by atoms with Crippen molar-refractivity contribution in [2.45, 2.75) is 38.9 Å². The van der Waals surface area contributed by atoms with Crippen molar-refractivity contribution in [3.8, 4) is 0 Å². The first-order valence-corrected chi connectivity index (χ1v) is 10.9. The Bertz CT molecular complexity index is 1150. The third-order valence-electron chi connectivity index (χ3n) is 4.62.